The molecule has 8 heteroatoms. The van der Waals surface area contributed by atoms with Gasteiger partial charge in [0.1, 0.15) is 5.69 Å². The van der Waals surface area contributed by atoms with Crippen molar-refractivity contribution in [1.29, 1.82) is 0 Å². The summed E-state index contributed by atoms with van der Waals surface area (Å²) in [6, 6.07) is 0. The van der Waals surface area contributed by atoms with E-state index >= 15 is 0 Å². The van der Waals surface area contributed by atoms with E-state index in [1.54, 1.807) is 6.92 Å². The molecule has 0 aliphatic rings. The molecule has 0 saturated heterocycles. The number of nitrogens with one attached hydrogen (secondary N) is 1. The van der Waals surface area contributed by atoms with Gasteiger partial charge < -0.3 is 9.16 Å². The van der Waals surface area contributed by atoms with Crippen LogP contribution in [0.1, 0.15) is 32.9 Å². The van der Waals surface area contributed by atoms with Crippen LogP contribution in [-0.4, -0.2) is 36.7 Å². The molecule has 1 rings (SSSR count). The summed E-state index contributed by atoms with van der Waals surface area (Å²) in [6.07, 6.45) is 0.682. The van der Waals surface area contributed by atoms with Crippen molar-refractivity contribution in [3.63, 3.8) is 0 Å². The molecule has 0 radical (unpaired) electrons. The maximum Gasteiger partial charge on any atom is 0.353 e. The highest BCUT2D eigenvalue weighted by Gasteiger charge is 2.36. The van der Waals surface area contributed by atoms with Gasteiger partial charge in [-0.25, -0.2) is 5.10 Å². The van der Waals surface area contributed by atoms with E-state index in [0.717, 1.165) is 0 Å². The van der Waals surface area contributed by atoms with Crippen molar-refractivity contribution in [2.24, 2.45) is 0 Å². The van der Waals surface area contributed by atoms with Gasteiger partial charge in [0.2, 0.25) is 0 Å². The highest BCUT2D eigenvalue weighted by molar-refractivity contribution is 6.74. The molecule has 0 aromatic carbocycles. The number of hydrogen-bond donors (Lipinski definition) is 1. The molecular formula is C13H25N3O4Si. The minimum Gasteiger partial charge on any atom is -0.473 e. The lowest BCUT2D eigenvalue weighted by atomic mass is 10.2. The van der Waals surface area contributed by atoms with Crippen molar-refractivity contribution in [1.82, 2.24) is 10.2 Å². The smallest absolute Gasteiger partial charge is 0.353 e. The third-order valence-electron chi connectivity index (χ3n) is 3.87. The Morgan fingerprint density at radius 2 is 1.95 bits per heavy atom. The van der Waals surface area contributed by atoms with Crippen LogP contribution in [0.25, 0.3) is 0 Å². The predicted octanol–water partition coefficient (Wildman–Crippen LogP) is 3.42. The fourth-order valence-electron chi connectivity index (χ4n) is 1.50. The van der Waals surface area contributed by atoms with E-state index < -0.39 is 13.2 Å². The Bertz CT molecular complexity index is 494. The second-order valence-electron chi connectivity index (χ2n) is 6.55. The van der Waals surface area contributed by atoms with E-state index in [2.05, 4.69) is 44.1 Å². The summed E-state index contributed by atoms with van der Waals surface area (Å²) in [5.41, 5.74) is 0.229. The van der Waals surface area contributed by atoms with Gasteiger partial charge in [-0.1, -0.05) is 20.8 Å². The molecule has 1 aromatic rings. The molecule has 0 spiro atoms. The summed E-state index contributed by atoms with van der Waals surface area (Å²) in [5.74, 6) is 0.116. The minimum absolute atomic E-state index is 0.0969. The molecule has 0 bridgehead atoms. The predicted molar refractivity (Wildman–Crippen MR) is 83.2 cm³/mol. The van der Waals surface area contributed by atoms with Crippen LogP contribution in [0.5, 0.6) is 5.88 Å². The molecule has 1 aromatic heterocycles. The lowest BCUT2D eigenvalue weighted by molar-refractivity contribution is -0.386. The zero-order chi connectivity index (χ0) is 16.3. The number of nitro groups is 1. The summed E-state index contributed by atoms with van der Waals surface area (Å²) in [6.45, 7) is 13.5. The van der Waals surface area contributed by atoms with Crippen LogP contribution in [0.4, 0.5) is 5.69 Å². The number of rotatable bonds is 7. The van der Waals surface area contributed by atoms with Gasteiger partial charge in [0, 0.05) is 13.0 Å². The number of hydrogen-bond acceptors (Lipinski definition) is 5. The Kier molecular flexibility index (Phi) is 5.52. The number of aromatic nitrogens is 2. The number of aromatic amines is 1. The Labute approximate surface area is 126 Å². The zero-order valence-electron chi connectivity index (χ0n) is 13.6. The molecule has 21 heavy (non-hydrogen) atoms. The summed E-state index contributed by atoms with van der Waals surface area (Å²) in [4.78, 5) is 10.4. The lowest BCUT2D eigenvalue weighted by Crippen LogP contribution is -2.41. The van der Waals surface area contributed by atoms with Gasteiger partial charge in [-0.05, 0) is 25.1 Å². The van der Waals surface area contributed by atoms with Crippen LogP contribution in [-0.2, 0) is 4.43 Å². The highest BCUT2D eigenvalue weighted by atomic mass is 28.4. The normalized spacial score (nSPS) is 12.5. The Morgan fingerprint density at radius 3 is 2.48 bits per heavy atom. The van der Waals surface area contributed by atoms with E-state index in [4.69, 9.17) is 9.16 Å². The molecule has 7 nitrogen and oxygen atoms in total. The average Bonchev–Trinajstić information content (AvgIpc) is 2.68. The number of H-pyrrole nitrogens is 1. The summed E-state index contributed by atoms with van der Waals surface area (Å²) >= 11 is 0. The van der Waals surface area contributed by atoms with Gasteiger partial charge in [-0.3, -0.25) is 10.1 Å². The lowest BCUT2D eigenvalue weighted by Gasteiger charge is -2.36. The van der Waals surface area contributed by atoms with Crippen LogP contribution in [0.2, 0.25) is 18.1 Å². The first-order chi connectivity index (χ1) is 9.56. The Balaban J connectivity index is 2.41. The molecular weight excluding hydrogens is 290 g/mol. The third-order valence-corrected chi connectivity index (χ3v) is 8.41. The highest BCUT2D eigenvalue weighted by Crippen LogP contribution is 2.36. The Morgan fingerprint density at radius 1 is 1.33 bits per heavy atom. The quantitative estimate of drug-likeness (QED) is 0.360. The van der Waals surface area contributed by atoms with Crippen LogP contribution in [0.15, 0.2) is 0 Å². The Hall–Kier alpha value is -1.41. The van der Waals surface area contributed by atoms with Gasteiger partial charge in [-0.15, -0.1) is 0 Å². The third kappa shape index (κ3) is 4.53. The van der Waals surface area contributed by atoms with E-state index in [1.165, 1.54) is 0 Å². The fourth-order valence-corrected chi connectivity index (χ4v) is 2.59. The van der Waals surface area contributed by atoms with Gasteiger partial charge >= 0.3 is 5.69 Å². The number of ether oxygens (including phenoxy) is 1. The van der Waals surface area contributed by atoms with Crippen molar-refractivity contribution in [3.05, 3.63) is 15.8 Å². The molecule has 0 aliphatic heterocycles. The molecule has 1 N–H and O–H groups in total. The molecule has 0 unspecified atom stereocenters. The standard InChI is InChI=1S/C13H25N3O4Si/c1-10-11(16(17)18)12(15-14-10)19-8-7-9-20-21(5,6)13(2,3)4/h7-9H2,1-6H3,(H,14,15). The summed E-state index contributed by atoms with van der Waals surface area (Å²) in [7, 11) is -1.74. The number of nitrogens with zero attached hydrogens (tertiary/aromatic N) is 2. The topological polar surface area (TPSA) is 90.3 Å². The zero-order valence-corrected chi connectivity index (χ0v) is 14.6. The average molecular weight is 315 g/mol. The molecule has 0 fully saturated rings. The summed E-state index contributed by atoms with van der Waals surface area (Å²) < 4.78 is 11.4. The monoisotopic (exact) mass is 315 g/mol. The van der Waals surface area contributed by atoms with Crippen molar-refractivity contribution in [3.8, 4) is 5.88 Å². The SMILES string of the molecule is Cc1n[nH]c(OCCCO[Si](C)(C)C(C)(C)C)c1[N+](=O)[O-]. The number of aryl methyl sites for hydroxylation is 1. The molecule has 0 saturated carbocycles. The van der Waals surface area contributed by atoms with E-state index in [1.807, 2.05) is 0 Å². The first kappa shape index (κ1) is 17.6. The molecule has 0 atom stereocenters. The first-order valence-electron chi connectivity index (χ1n) is 7.02. The van der Waals surface area contributed by atoms with Crippen molar-refractivity contribution in [2.45, 2.75) is 52.2 Å². The van der Waals surface area contributed by atoms with Crippen LogP contribution >= 0.6 is 0 Å². The van der Waals surface area contributed by atoms with Crippen molar-refractivity contribution < 1.29 is 14.1 Å². The fraction of sp³-hybridized carbons (Fsp3) is 0.769. The van der Waals surface area contributed by atoms with Crippen LogP contribution in [0, 0.1) is 17.0 Å². The molecule has 0 amide bonds. The van der Waals surface area contributed by atoms with Crippen molar-refractivity contribution in [2.75, 3.05) is 13.2 Å². The van der Waals surface area contributed by atoms with Crippen LogP contribution in [0.3, 0.4) is 0 Å². The minimum atomic E-state index is -1.74. The second-order valence-corrected chi connectivity index (χ2v) is 11.4. The van der Waals surface area contributed by atoms with E-state index in [-0.39, 0.29) is 16.6 Å². The van der Waals surface area contributed by atoms with Crippen LogP contribution < -0.4 is 4.74 Å². The molecule has 1 heterocycles. The van der Waals surface area contributed by atoms with Gasteiger partial charge in [0.25, 0.3) is 5.88 Å². The first-order valence-corrected chi connectivity index (χ1v) is 9.93. The largest absolute Gasteiger partial charge is 0.473 e. The maximum atomic E-state index is 10.9. The van der Waals surface area contributed by atoms with E-state index in [9.17, 15) is 10.1 Å². The molecule has 120 valence electrons. The van der Waals surface area contributed by atoms with Crippen molar-refractivity contribution >= 4 is 14.0 Å². The summed E-state index contributed by atoms with van der Waals surface area (Å²) in [5, 5.41) is 17.4. The van der Waals surface area contributed by atoms with Gasteiger partial charge in [-0.2, -0.15) is 5.10 Å². The molecule has 0 aliphatic carbocycles. The van der Waals surface area contributed by atoms with Gasteiger partial charge in [0.15, 0.2) is 8.32 Å². The van der Waals surface area contributed by atoms with Gasteiger partial charge in [0.05, 0.1) is 11.5 Å². The second kappa shape index (κ2) is 6.57. The van der Waals surface area contributed by atoms with E-state index in [0.29, 0.717) is 25.3 Å². The maximum absolute atomic E-state index is 10.9.